The molecule has 5 atom stereocenters. The molecular formula is C39H35Cl2FN2O3. The Hall–Kier alpha value is -3.71. The molecule has 1 N–H and O–H groups in total. The van der Waals surface area contributed by atoms with Crippen molar-refractivity contribution in [3.05, 3.63) is 135 Å². The summed E-state index contributed by atoms with van der Waals surface area (Å²) in [6.07, 6.45) is 2.19. The molecule has 2 saturated heterocycles. The van der Waals surface area contributed by atoms with Crippen LogP contribution in [0.15, 0.2) is 97.1 Å². The lowest BCUT2D eigenvalue weighted by molar-refractivity contribution is -0.184. The average Bonchev–Trinajstić information content (AvgIpc) is 3.50. The van der Waals surface area contributed by atoms with Crippen molar-refractivity contribution < 1.29 is 18.7 Å². The molecule has 4 aliphatic rings. The van der Waals surface area contributed by atoms with Crippen molar-refractivity contribution in [3.63, 3.8) is 0 Å². The highest BCUT2D eigenvalue weighted by atomic mass is 35.5. The van der Waals surface area contributed by atoms with Gasteiger partial charge in [0.15, 0.2) is 0 Å². The van der Waals surface area contributed by atoms with Crippen LogP contribution in [-0.4, -0.2) is 28.4 Å². The number of benzene rings is 4. The van der Waals surface area contributed by atoms with E-state index in [1.165, 1.54) is 6.07 Å². The third-order valence-corrected chi connectivity index (χ3v) is 11.9. The first kappa shape index (κ1) is 30.6. The van der Waals surface area contributed by atoms with Gasteiger partial charge in [0.25, 0.3) is 0 Å². The summed E-state index contributed by atoms with van der Waals surface area (Å²) < 4.78 is 23.0. The van der Waals surface area contributed by atoms with Gasteiger partial charge in [-0.1, -0.05) is 116 Å². The number of carbonyl (C=O) groups is 2. The van der Waals surface area contributed by atoms with Gasteiger partial charge in [-0.3, -0.25) is 14.5 Å². The van der Waals surface area contributed by atoms with Crippen molar-refractivity contribution in [3.8, 4) is 0 Å². The van der Waals surface area contributed by atoms with Crippen LogP contribution in [0.3, 0.4) is 0 Å². The Morgan fingerprint density at radius 3 is 2.15 bits per heavy atom. The number of carbonyl (C=O) groups excluding carboxylic acids is 2. The number of nitrogens with one attached hydrogen (secondary N) is 1. The number of anilines is 1. The maximum absolute atomic E-state index is 16.5. The lowest BCUT2D eigenvalue weighted by atomic mass is 9.53. The Labute approximate surface area is 284 Å². The Bertz CT molecular complexity index is 1890. The molecule has 5 nitrogen and oxygen atoms in total. The van der Waals surface area contributed by atoms with Crippen molar-refractivity contribution in [2.45, 2.75) is 74.6 Å². The summed E-state index contributed by atoms with van der Waals surface area (Å²) >= 11 is 13.0. The first-order chi connectivity index (χ1) is 22.6. The van der Waals surface area contributed by atoms with E-state index < -0.39 is 46.8 Å². The van der Waals surface area contributed by atoms with E-state index in [0.717, 1.165) is 29.5 Å². The van der Waals surface area contributed by atoms with Gasteiger partial charge in [0.2, 0.25) is 5.91 Å². The molecule has 2 spiro atoms. The second kappa shape index (κ2) is 10.9. The van der Waals surface area contributed by atoms with Crippen LogP contribution in [0.25, 0.3) is 0 Å². The number of fused-ring (bicyclic) bond motifs is 5. The van der Waals surface area contributed by atoms with E-state index in [0.29, 0.717) is 23.6 Å². The monoisotopic (exact) mass is 668 g/mol. The van der Waals surface area contributed by atoms with E-state index in [-0.39, 0.29) is 21.9 Å². The summed E-state index contributed by atoms with van der Waals surface area (Å²) in [7, 11) is 0. The Kier molecular flexibility index (Phi) is 7.11. The maximum Gasteiger partial charge on any atom is 0.324 e. The van der Waals surface area contributed by atoms with E-state index in [1.807, 2.05) is 54.6 Å². The highest BCUT2D eigenvalue weighted by Gasteiger charge is 2.78. The molecule has 240 valence electrons. The number of morpholine rings is 1. The molecule has 1 saturated carbocycles. The van der Waals surface area contributed by atoms with Crippen LogP contribution in [0.5, 0.6) is 0 Å². The summed E-state index contributed by atoms with van der Waals surface area (Å²) in [4.78, 5) is 32.2. The van der Waals surface area contributed by atoms with E-state index in [4.69, 9.17) is 27.9 Å². The van der Waals surface area contributed by atoms with Crippen LogP contribution in [0, 0.1) is 11.2 Å². The molecular weight excluding hydrogens is 634 g/mol. The minimum Gasteiger partial charge on any atom is -0.454 e. The van der Waals surface area contributed by atoms with Crippen LogP contribution >= 0.6 is 23.2 Å². The predicted octanol–water partition coefficient (Wildman–Crippen LogP) is 9.17. The van der Waals surface area contributed by atoms with Gasteiger partial charge >= 0.3 is 5.97 Å². The Morgan fingerprint density at radius 2 is 1.47 bits per heavy atom. The number of ether oxygens (including phenoxy) is 1. The first-order valence-corrected chi connectivity index (χ1v) is 17.0. The molecule has 3 unspecified atom stereocenters. The van der Waals surface area contributed by atoms with E-state index in [2.05, 4.69) is 36.2 Å². The first-order valence-electron chi connectivity index (χ1n) is 16.2. The minimum atomic E-state index is -1.36. The second-order valence-corrected chi connectivity index (χ2v) is 15.1. The van der Waals surface area contributed by atoms with Crippen LogP contribution in [0.2, 0.25) is 10.0 Å². The molecule has 8 heteroatoms. The number of rotatable bonds is 3. The standard InChI is InChI=1S/C39H35Cl2FN2O3/c1-37(2)18-20-38(21-19-37)39(27-17-16-25(40)22-29(27)43-36(39)46)30(26-14-9-15-28(41)31(26)42)33-35(45)47-34(24-12-7-4-8-13-24)32(44(33)38)23-10-5-3-6-11-23/h3-17,22,30,32-34H,18-21H2,1-2H3,(H,43,46)/t30?,32-,33?,34+,39?/m1/s1. The second-order valence-electron chi connectivity index (χ2n) is 14.2. The van der Waals surface area contributed by atoms with Gasteiger partial charge in [-0.2, -0.15) is 0 Å². The zero-order chi connectivity index (χ0) is 32.7. The van der Waals surface area contributed by atoms with Crippen molar-refractivity contribution in [2.24, 2.45) is 5.41 Å². The fourth-order valence-electron chi connectivity index (χ4n) is 9.36. The molecule has 1 aliphatic carbocycles. The fraction of sp³-hybridized carbons (Fsp3) is 0.333. The summed E-state index contributed by atoms with van der Waals surface area (Å²) in [6.45, 7) is 4.50. The summed E-state index contributed by atoms with van der Waals surface area (Å²) in [5, 5.41) is 3.58. The number of halogens is 3. The van der Waals surface area contributed by atoms with Gasteiger partial charge in [0.05, 0.1) is 11.1 Å². The van der Waals surface area contributed by atoms with E-state index >= 15 is 9.18 Å². The number of amides is 1. The van der Waals surface area contributed by atoms with Gasteiger partial charge in [-0.05, 0) is 71.6 Å². The fourth-order valence-corrected chi connectivity index (χ4v) is 9.72. The van der Waals surface area contributed by atoms with Crippen LogP contribution in [0.1, 0.15) is 79.8 Å². The normalized spacial score (nSPS) is 29.0. The zero-order valence-electron chi connectivity index (χ0n) is 26.2. The average molecular weight is 670 g/mol. The predicted molar refractivity (Wildman–Crippen MR) is 181 cm³/mol. The maximum atomic E-state index is 16.5. The molecule has 4 aromatic carbocycles. The topological polar surface area (TPSA) is 58.6 Å². The summed E-state index contributed by atoms with van der Waals surface area (Å²) in [5.41, 5.74) is 1.10. The van der Waals surface area contributed by atoms with Crippen molar-refractivity contribution in [2.75, 3.05) is 5.32 Å². The molecule has 0 radical (unpaired) electrons. The van der Waals surface area contributed by atoms with Crippen molar-refractivity contribution in [1.29, 1.82) is 0 Å². The van der Waals surface area contributed by atoms with Crippen LogP contribution in [0.4, 0.5) is 10.1 Å². The largest absolute Gasteiger partial charge is 0.454 e. The molecule has 0 bridgehead atoms. The van der Waals surface area contributed by atoms with Gasteiger partial charge in [-0.25, -0.2) is 4.39 Å². The van der Waals surface area contributed by atoms with Crippen molar-refractivity contribution >= 4 is 40.8 Å². The Balaban J connectivity index is 1.49. The van der Waals surface area contributed by atoms with E-state index in [1.54, 1.807) is 24.3 Å². The Morgan fingerprint density at radius 1 is 0.809 bits per heavy atom. The number of hydrogen-bond donors (Lipinski definition) is 1. The molecule has 0 aromatic heterocycles. The molecule has 1 amide bonds. The lowest BCUT2D eigenvalue weighted by Gasteiger charge is -2.57. The number of hydrogen-bond acceptors (Lipinski definition) is 4. The van der Waals surface area contributed by atoms with Gasteiger partial charge < -0.3 is 10.1 Å². The molecule has 3 heterocycles. The number of cyclic esters (lactones) is 1. The van der Waals surface area contributed by atoms with Gasteiger partial charge in [0, 0.05) is 22.2 Å². The third-order valence-electron chi connectivity index (χ3n) is 11.4. The van der Waals surface area contributed by atoms with Crippen LogP contribution in [-0.2, 0) is 19.7 Å². The highest BCUT2D eigenvalue weighted by molar-refractivity contribution is 6.31. The minimum absolute atomic E-state index is 0.0105. The van der Waals surface area contributed by atoms with E-state index in [9.17, 15) is 4.79 Å². The zero-order valence-corrected chi connectivity index (χ0v) is 27.7. The quantitative estimate of drug-likeness (QED) is 0.221. The van der Waals surface area contributed by atoms with Gasteiger partial charge in [0.1, 0.15) is 23.4 Å². The smallest absolute Gasteiger partial charge is 0.324 e. The van der Waals surface area contributed by atoms with Gasteiger partial charge in [-0.15, -0.1) is 0 Å². The molecule has 3 aliphatic heterocycles. The number of nitrogens with zero attached hydrogens (tertiary/aromatic N) is 1. The van der Waals surface area contributed by atoms with Crippen LogP contribution < -0.4 is 5.32 Å². The molecule has 3 fully saturated rings. The summed E-state index contributed by atoms with van der Waals surface area (Å²) in [5.74, 6) is -2.31. The third kappa shape index (κ3) is 4.30. The number of esters is 1. The van der Waals surface area contributed by atoms with Crippen molar-refractivity contribution in [1.82, 2.24) is 4.90 Å². The highest BCUT2D eigenvalue weighted by Crippen LogP contribution is 2.71. The lowest BCUT2D eigenvalue weighted by Crippen LogP contribution is -2.64. The molecule has 4 aromatic rings. The summed E-state index contributed by atoms with van der Waals surface area (Å²) in [6, 6.07) is 28.7. The molecule has 47 heavy (non-hydrogen) atoms. The molecule has 8 rings (SSSR count). The SMILES string of the molecule is CC1(C)CCC2(CC1)N1C(C(=O)O[C@@H](c3ccccc3)[C@H]1c1ccccc1)C(c1cccc(Cl)c1F)C21C(=O)Nc2cc(Cl)ccc21.